The molecule has 0 fully saturated rings. The van der Waals surface area contributed by atoms with Gasteiger partial charge < -0.3 is 10.1 Å². The van der Waals surface area contributed by atoms with Gasteiger partial charge in [-0.2, -0.15) is 0 Å². The van der Waals surface area contributed by atoms with E-state index in [1.165, 1.54) is 0 Å². The lowest BCUT2D eigenvalue weighted by Gasteiger charge is -2.07. The minimum absolute atomic E-state index is 0.172. The second kappa shape index (κ2) is 5.51. The Kier molecular flexibility index (Phi) is 4.31. The second-order valence-corrected chi connectivity index (χ2v) is 3.57. The van der Waals surface area contributed by atoms with Crippen molar-refractivity contribution in [2.75, 3.05) is 11.9 Å². The SMILES string of the molecule is CCOC(=O)C(=O)Nc1ccc(Cl)cc1C. The fourth-order valence-electron chi connectivity index (χ4n) is 1.14. The van der Waals surface area contributed by atoms with Crippen molar-refractivity contribution in [3.63, 3.8) is 0 Å². The van der Waals surface area contributed by atoms with Crippen LogP contribution in [0.1, 0.15) is 12.5 Å². The number of hydrogen-bond donors (Lipinski definition) is 1. The van der Waals surface area contributed by atoms with Crippen LogP contribution in [0.5, 0.6) is 0 Å². The Morgan fingerprint density at radius 3 is 2.69 bits per heavy atom. The van der Waals surface area contributed by atoms with Crippen molar-refractivity contribution < 1.29 is 14.3 Å². The largest absolute Gasteiger partial charge is 0.459 e. The Morgan fingerprint density at radius 2 is 2.12 bits per heavy atom. The minimum atomic E-state index is -0.892. The van der Waals surface area contributed by atoms with Crippen LogP contribution in [-0.2, 0) is 14.3 Å². The highest BCUT2D eigenvalue weighted by Crippen LogP contribution is 2.19. The summed E-state index contributed by atoms with van der Waals surface area (Å²) in [7, 11) is 0. The minimum Gasteiger partial charge on any atom is -0.459 e. The molecule has 0 spiro atoms. The zero-order valence-electron chi connectivity index (χ0n) is 9.04. The van der Waals surface area contributed by atoms with Crippen LogP contribution >= 0.6 is 11.6 Å². The monoisotopic (exact) mass is 241 g/mol. The Hall–Kier alpha value is -1.55. The number of carbonyl (C=O) groups is 2. The van der Waals surface area contributed by atoms with Crippen molar-refractivity contribution in [2.45, 2.75) is 13.8 Å². The summed E-state index contributed by atoms with van der Waals surface area (Å²) >= 11 is 5.76. The number of rotatable bonds is 2. The van der Waals surface area contributed by atoms with Crippen LogP contribution < -0.4 is 5.32 Å². The number of hydrogen-bond acceptors (Lipinski definition) is 3. The van der Waals surface area contributed by atoms with Gasteiger partial charge >= 0.3 is 11.9 Å². The van der Waals surface area contributed by atoms with Gasteiger partial charge in [-0.15, -0.1) is 0 Å². The lowest BCUT2D eigenvalue weighted by atomic mass is 10.2. The molecule has 0 saturated carbocycles. The molecule has 5 heteroatoms. The number of amides is 1. The van der Waals surface area contributed by atoms with Crippen molar-refractivity contribution >= 4 is 29.2 Å². The maximum Gasteiger partial charge on any atom is 0.397 e. The molecule has 0 radical (unpaired) electrons. The highest BCUT2D eigenvalue weighted by atomic mass is 35.5. The molecule has 0 saturated heterocycles. The van der Waals surface area contributed by atoms with E-state index in [-0.39, 0.29) is 6.61 Å². The van der Waals surface area contributed by atoms with E-state index < -0.39 is 11.9 Å². The molecule has 16 heavy (non-hydrogen) atoms. The van der Waals surface area contributed by atoms with Crippen LogP contribution in [0.4, 0.5) is 5.69 Å². The second-order valence-electron chi connectivity index (χ2n) is 3.13. The molecular weight excluding hydrogens is 230 g/mol. The highest BCUT2D eigenvalue weighted by Gasteiger charge is 2.15. The third-order valence-electron chi connectivity index (χ3n) is 1.90. The zero-order chi connectivity index (χ0) is 12.1. The Bertz CT molecular complexity index is 418. The summed E-state index contributed by atoms with van der Waals surface area (Å²) in [5.74, 6) is -1.68. The molecule has 1 aromatic carbocycles. The van der Waals surface area contributed by atoms with E-state index in [9.17, 15) is 9.59 Å². The third-order valence-corrected chi connectivity index (χ3v) is 2.13. The van der Waals surface area contributed by atoms with Crippen molar-refractivity contribution in [1.82, 2.24) is 0 Å². The first-order valence-electron chi connectivity index (χ1n) is 4.79. The summed E-state index contributed by atoms with van der Waals surface area (Å²) in [4.78, 5) is 22.4. The van der Waals surface area contributed by atoms with E-state index >= 15 is 0 Å². The lowest BCUT2D eigenvalue weighted by Crippen LogP contribution is -2.25. The topological polar surface area (TPSA) is 55.4 Å². The Morgan fingerprint density at radius 1 is 1.44 bits per heavy atom. The highest BCUT2D eigenvalue weighted by molar-refractivity contribution is 6.37. The number of halogens is 1. The van der Waals surface area contributed by atoms with E-state index in [1.54, 1.807) is 32.0 Å². The van der Waals surface area contributed by atoms with Crippen molar-refractivity contribution in [3.8, 4) is 0 Å². The number of carbonyl (C=O) groups excluding carboxylic acids is 2. The summed E-state index contributed by atoms with van der Waals surface area (Å²) in [5.41, 5.74) is 1.33. The van der Waals surface area contributed by atoms with Crippen LogP contribution in [0.2, 0.25) is 5.02 Å². The smallest absolute Gasteiger partial charge is 0.397 e. The van der Waals surface area contributed by atoms with Crippen LogP contribution in [0, 0.1) is 6.92 Å². The molecule has 1 N–H and O–H groups in total. The normalized spacial score (nSPS) is 9.69. The molecular formula is C11H12ClNO3. The quantitative estimate of drug-likeness (QED) is 0.638. The summed E-state index contributed by atoms with van der Waals surface area (Å²) in [6.45, 7) is 3.59. The van der Waals surface area contributed by atoms with Gasteiger partial charge in [0.2, 0.25) is 0 Å². The standard InChI is InChI=1S/C11H12ClNO3/c1-3-16-11(15)10(14)13-9-5-4-8(12)6-7(9)2/h4-6H,3H2,1-2H3,(H,13,14). The zero-order valence-corrected chi connectivity index (χ0v) is 9.80. The van der Waals surface area contributed by atoms with Gasteiger partial charge in [-0.25, -0.2) is 4.79 Å². The van der Waals surface area contributed by atoms with Gasteiger partial charge in [0.15, 0.2) is 0 Å². The summed E-state index contributed by atoms with van der Waals surface area (Å²) in [6, 6.07) is 4.96. The molecule has 4 nitrogen and oxygen atoms in total. The Balaban J connectivity index is 2.73. The summed E-state index contributed by atoms with van der Waals surface area (Å²) in [6.07, 6.45) is 0. The van der Waals surface area contributed by atoms with Gasteiger partial charge in [-0.05, 0) is 37.6 Å². The predicted molar refractivity (Wildman–Crippen MR) is 61.5 cm³/mol. The van der Waals surface area contributed by atoms with Gasteiger partial charge in [-0.1, -0.05) is 11.6 Å². The average molecular weight is 242 g/mol. The third kappa shape index (κ3) is 3.24. The van der Waals surface area contributed by atoms with Crippen LogP contribution in [0.3, 0.4) is 0 Å². The molecule has 0 aliphatic carbocycles. The van der Waals surface area contributed by atoms with E-state index in [1.807, 2.05) is 0 Å². The van der Waals surface area contributed by atoms with Gasteiger partial charge in [0.05, 0.1) is 6.61 Å². The molecule has 1 rings (SSSR count). The fraction of sp³-hybridized carbons (Fsp3) is 0.273. The van der Waals surface area contributed by atoms with Crippen molar-refractivity contribution in [2.24, 2.45) is 0 Å². The number of nitrogens with one attached hydrogen (secondary N) is 1. The fourth-order valence-corrected chi connectivity index (χ4v) is 1.36. The van der Waals surface area contributed by atoms with Gasteiger partial charge in [0.1, 0.15) is 0 Å². The summed E-state index contributed by atoms with van der Waals surface area (Å²) < 4.78 is 4.56. The molecule has 0 atom stereocenters. The first-order chi connectivity index (χ1) is 7.54. The van der Waals surface area contributed by atoms with E-state index in [4.69, 9.17) is 11.6 Å². The van der Waals surface area contributed by atoms with Gasteiger partial charge in [0, 0.05) is 10.7 Å². The van der Waals surface area contributed by atoms with E-state index in [2.05, 4.69) is 10.1 Å². The molecule has 0 bridgehead atoms. The van der Waals surface area contributed by atoms with Gasteiger partial charge in [0.25, 0.3) is 0 Å². The molecule has 0 aliphatic heterocycles. The number of aryl methyl sites for hydroxylation is 1. The van der Waals surface area contributed by atoms with Crippen molar-refractivity contribution in [3.05, 3.63) is 28.8 Å². The molecule has 0 heterocycles. The average Bonchev–Trinajstić information content (AvgIpc) is 2.22. The Labute approximate surface area is 98.5 Å². The van der Waals surface area contributed by atoms with Crippen molar-refractivity contribution in [1.29, 1.82) is 0 Å². The maximum absolute atomic E-state index is 11.3. The van der Waals surface area contributed by atoms with E-state index in [0.717, 1.165) is 5.56 Å². The van der Waals surface area contributed by atoms with Crippen LogP contribution in [0.15, 0.2) is 18.2 Å². The molecule has 0 unspecified atom stereocenters. The number of anilines is 1. The molecule has 86 valence electrons. The maximum atomic E-state index is 11.3. The number of esters is 1. The molecule has 1 aromatic rings. The summed E-state index contributed by atoms with van der Waals surface area (Å²) in [5, 5.41) is 3.03. The lowest BCUT2D eigenvalue weighted by molar-refractivity contribution is -0.152. The van der Waals surface area contributed by atoms with E-state index in [0.29, 0.717) is 10.7 Å². The van der Waals surface area contributed by atoms with Gasteiger partial charge in [-0.3, -0.25) is 4.79 Å². The molecule has 0 aliphatic rings. The van der Waals surface area contributed by atoms with Crippen LogP contribution in [0.25, 0.3) is 0 Å². The predicted octanol–water partition coefficient (Wildman–Crippen LogP) is 2.15. The molecule has 1 amide bonds. The first-order valence-corrected chi connectivity index (χ1v) is 5.16. The molecule has 0 aromatic heterocycles. The number of benzene rings is 1. The van der Waals surface area contributed by atoms with Crippen LogP contribution in [-0.4, -0.2) is 18.5 Å². The first kappa shape index (κ1) is 12.5. The number of ether oxygens (including phenoxy) is 1.